The molecule has 5 rings (SSSR count). The third-order valence-corrected chi connectivity index (χ3v) is 10.8. The first kappa shape index (κ1) is 23.8. The summed E-state index contributed by atoms with van der Waals surface area (Å²) in [4.78, 5) is 24.6. The molecule has 1 aromatic carbocycles. The van der Waals surface area contributed by atoms with E-state index in [-0.39, 0.29) is 35.9 Å². The molecule has 3 saturated carbocycles. The highest BCUT2D eigenvalue weighted by Gasteiger charge is 2.74. The quantitative estimate of drug-likeness (QED) is 0.569. The molecule has 6 heteroatoms. The third-order valence-electron chi connectivity index (χ3n) is 9.86. The van der Waals surface area contributed by atoms with Crippen LogP contribution in [0.15, 0.2) is 54.1 Å². The molecule has 0 aliphatic heterocycles. The first-order valence-corrected chi connectivity index (χ1v) is 12.7. The number of allylic oxidation sites excluding steroid dienone is 4. The van der Waals surface area contributed by atoms with E-state index in [0.717, 1.165) is 24.0 Å². The summed E-state index contributed by atoms with van der Waals surface area (Å²) in [5.41, 5.74) is -1.14. The van der Waals surface area contributed by atoms with Gasteiger partial charge in [0.2, 0.25) is 0 Å². The largest absolute Gasteiger partial charge is 0.391 e. The molecule has 4 unspecified atom stereocenters. The van der Waals surface area contributed by atoms with Crippen LogP contribution in [0.2, 0.25) is 0 Å². The topological polar surface area (TPSA) is 86.6 Å². The normalized spacial score (nSPS) is 45.1. The lowest BCUT2D eigenvalue weighted by Gasteiger charge is -2.63. The molecule has 0 aromatic heterocycles. The first-order chi connectivity index (χ1) is 16.0. The van der Waals surface area contributed by atoms with Crippen LogP contribution in [0.5, 0.6) is 0 Å². The molecule has 0 bridgehead atoms. The average molecular weight is 484 g/mol. The van der Waals surface area contributed by atoms with E-state index >= 15 is 0 Å². The molecular formula is C28H34ClNO4. The van der Waals surface area contributed by atoms with Crippen molar-refractivity contribution >= 4 is 23.3 Å². The molecule has 8 atom stereocenters. The molecule has 3 fully saturated rings. The number of ketones is 1. The lowest BCUT2D eigenvalue weighted by atomic mass is 9.45. The van der Waals surface area contributed by atoms with Crippen LogP contribution in [-0.4, -0.2) is 38.5 Å². The van der Waals surface area contributed by atoms with E-state index in [9.17, 15) is 19.8 Å². The SMILES string of the molecule is C[C@@H]1CC2C3CCC4=CC(=O)C=CC4(C)[C@@]3(Cl)[C@@H](O)CC2(C)[C@@]1(O)C(=O)NCc1ccccc1. The van der Waals surface area contributed by atoms with Gasteiger partial charge in [-0.2, -0.15) is 0 Å². The van der Waals surface area contributed by atoms with Gasteiger partial charge in [0.1, 0.15) is 0 Å². The van der Waals surface area contributed by atoms with Crippen molar-refractivity contribution in [3.8, 4) is 0 Å². The Kier molecular flexibility index (Phi) is 5.44. The maximum absolute atomic E-state index is 13.6. The second-order valence-electron chi connectivity index (χ2n) is 11.3. The fourth-order valence-electron chi connectivity index (χ4n) is 7.94. The van der Waals surface area contributed by atoms with Gasteiger partial charge >= 0.3 is 0 Å². The summed E-state index contributed by atoms with van der Waals surface area (Å²) < 4.78 is 0. The van der Waals surface area contributed by atoms with Crippen LogP contribution in [-0.2, 0) is 16.1 Å². The van der Waals surface area contributed by atoms with Crippen molar-refractivity contribution in [1.29, 1.82) is 0 Å². The van der Waals surface area contributed by atoms with Crippen molar-refractivity contribution in [2.24, 2.45) is 28.6 Å². The number of aliphatic hydroxyl groups is 2. The summed E-state index contributed by atoms with van der Waals surface area (Å²) in [6.07, 6.45) is 6.48. The zero-order valence-corrected chi connectivity index (χ0v) is 20.8. The summed E-state index contributed by atoms with van der Waals surface area (Å²) >= 11 is 7.44. The van der Waals surface area contributed by atoms with Gasteiger partial charge in [0.15, 0.2) is 11.4 Å². The van der Waals surface area contributed by atoms with Gasteiger partial charge in [-0.3, -0.25) is 9.59 Å². The highest BCUT2D eigenvalue weighted by atomic mass is 35.5. The fraction of sp³-hybridized carbons (Fsp3) is 0.571. The Morgan fingerprint density at radius 2 is 1.91 bits per heavy atom. The third kappa shape index (κ3) is 2.93. The van der Waals surface area contributed by atoms with E-state index in [1.54, 1.807) is 12.2 Å². The van der Waals surface area contributed by atoms with Crippen LogP contribution in [0.3, 0.4) is 0 Å². The highest BCUT2D eigenvalue weighted by molar-refractivity contribution is 6.26. The number of hydrogen-bond acceptors (Lipinski definition) is 4. The van der Waals surface area contributed by atoms with Gasteiger partial charge in [0.25, 0.3) is 5.91 Å². The lowest BCUT2D eigenvalue weighted by molar-refractivity contribution is -0.179. The number of hydrogen-bond donors (Lipinski definition) is 3. The molecule has 4 aliphatic rings. The zero-order valence-electron chi connectivity index (χ0n) is 20.1. The predicted molar refractivity (Wildman–Crippen MR) is 131 cm³/mol. The Balaban J connectivity index is 1.49. The molecule has 0 saturated heterocycles. The van der Waals surface area contributed by atoms with Crippen molar-refractivity contribution in [2.45, 2.75) is 69.6 Å². The van der Waals surface area contributed by atoms with E-state index in [1.165, 1.54) is 0 Å². The number of rotatable bonds is 3. The number of carbonyl (C=O) groups excluding carboxylic acids is 2. The minimum Gasteiger partial charge on any atom is -0.391 e. The summed E-state index contributed by atoms with van der Waals surface area (Å²) in [5, 5.41) is 26.6. The Hall–Kier alpha value is -1.95. The van der Waals surface area contributed by atoms with E-state index in [4.69, 9.17) is 11.6 Å². The van der Waals surface area contributed by atoms with Crippen molar-refractivity contribution < 1.29 is 19.8 Å². The molecule has 1 aromatic rings. The van der Waals surface area contributed by atoms with Gasteiger partial charge < -0.3 is 15.5 Å². The molecule has 0 radical (unpaired) electrons. The molecule has 182 valence electrons. The van der Waals surface area contributed by atoms with Crippen LogP contribution in [0.25, 0.3) is 0 Å². The van der Waals surface area contributed by atoms with Crippen molar-refractivity contribution in [3.63, 3.8) is 0 Å². The van der Waals surface area contributed by atoms with Crippen LogP contribution >= 0.6 is 11.6 Å². The monoisotopic (exact) mass is 483 g/mol. The van der Waals surface area contributed by atoms with Crippen LogP contribution in [0.1, 0.15) is 52.0 Å². The van der Waals surface area contributed by atoms with Crippen LogP contribution < -0.4 is 5.32 Å². The summed E-state index contributed by atoms with van der Waals surface area (Å²) in [7, 11) is 0. The number of benzene rings is 1. The first-order valence-electron chi connectivity index (χ1n) is 12.3. The Morgan fingerprint density at radius 3 is 2.62 bits per heavy atom. The molecule has 0 spiro atoms. The van der Waals surface area contributed by atoms with E-state index in [2.05, 4.69) is 5.32 Å². The highest BCUT2D eigenvalue weighted by Crippen LogP contribution is 2.71. The number of fused-ring (bicyclic) bond motifs is 5. The van der Waals surface area contributed by atoms with Crippen molar-refractivity contribution in [2.75, 3.05) is 0 Å². The molecule has 0 heterocycles. The number of amides is 1. The van der Waals surface area contributed by atoms with Crippen molar-refractivity contribution in [1.82, 2.24) is 5.32 Å². The maximum atomic E-state index is 13.6. The molecule has 3 N–H and O–H groups in total. The van der Waals surface area contributed by atoms with E-state index < -0.39 is 27.4 Å². The van der Waals surface area contributed by atoms with Gasteiger partial charge in [-0.05, 0) is 61.2 Å². The lowest BCUT2D eigenvalue weighted by Crippen LogP contribution is -2.69. The molecule has 4 aliphatic carbocycles. The Morgan fingerprint density at radius 1 is 1.21 bits per heavy atom. The van der Waals surface area contributed by atoms with Gasteiger partial charge in [0.05, 0.1) is 11.0 Å². The molecule has 5 nitrogen and oxygen atoms in total. The van der Waals surface area contributed by atoms with Gasteiger partial charge in [-0.1, -0.05) is 62.8 Å². The summed E-state index contributed by atoms with van der Waals surface area (Å²) in [5.74, 6) is -0.825. The Bertz CT molecular complexity index is 1090. The van der Waals surface area contributed by atoms with Gasteiger partial charge in [-0.15, -0.1) is 11.6 Å². The maximum Gasteiger partial charge on any atom is 0.253 e. The standard InChI is InChI=1S/C28H34ClNO4/c1-17-13-22-21-10-9-19-14-20(31)11-12-25(19,2)27(21,29)23(32)15-26(22,3)28(17,34)24(33)30-16-18-7-5-4-6-8-18/h4-8,11-12,14,17,21-23,32,34H,9-10,13,15-16H2,1-3H3,(H,30,33)/t17-,21?,22?,23+,25?,26?,27+,28+/m1/s1. The van der Waals surface area contributed by atoms with E-state index in [0.29, 0.717) is 13.0 Å². The molecule has 34 heavy (non-hydrogen) atoms. The second-order valence-corrected chi connectivity index (χ2v) is 12.0. The van der Waals surface area contributed by atoms with Gasteiger partial charge in [-0.25, -0.2) is 0 Å². The molecular weight excluding hydrogens is 450 g/mol. The average Bonchev–Trinajstić information content (AvgIpc) is 3.01. The summed E-state index contributed by atoms with van der Waals surface area (Å²) in [6, 6.07) is 9.64. The number of halogens is 1. The predicted octanol–water partition coefficient (Wildman–Crippen LogP) is 3.92. The van der Waals surface area contributed by atoms with Crippen molar-refractivity contribution in [3.05, 3.63) is 59.7 Å². The Labute approximate surface area is 206 Å². The fourth-order valence-corrected chi connectivity index (χ4v) is 8.47. The zero-order chi connectivity index (χ0) is 24.5. The van der Waals surface area contributed by atoms with Crippen LogP contribution in [0, 0.1) is 28.6 Å². The minimum atomic E-state index is -1.61. The van der Waals surface area contributed by atoms with Crippen LogP contribution in [0.4, 0.5) is 0 Å². The second kappa shape index (κ2) is 7.78. The molecule has 1 amide bonds. The van der Waals surface area contributed by atoms with E-state index in [1.807, 2.05) is 57.2 Å². The van der Waals surface area contributed by atoms with Gasteiger partial charge in [0, 0.05) is 17.4 Å². The number of nitrogens with one attached hydrogen (secondary N) is 1. The number of alkyl halides is 1. The number of aliphatic hydroxyl groups excluding tert-OH is 1. The smallest absolute Gasteiger partial charge is 0.253 e. The minimum absolute atomic E-state index is 0.0275. The number of carbonyl (C=O) groups is 2. The summed E-state index contributed by atoms with van der Waals surface area (Å²) in [6.45, 7) is 6.25.